The summed E-state index contributed by atoms with van der Waals surface area (Å²) in [4.78, 5) is 17.3. The molecule has 0 spiro atoms. The number of rotatable bonds is 6. The molecule has 3 aromatic rings. The molecule has 0 aliphatic heterocycles. The second-order valence-corrected chi connectivity index (χ2v) is 7.38. The van der Waals surface area contributed by atoms with Crippen LogP contribution >= 0.6 is 0 Å². The summed E-state index contributed by atoms with van der Waals surface area (Å²) in [6, 6.07) is 11.1. The van der Waals surface area contributed by atoms with Crippen LogP contribution in [0.3, 0.4) is 0 Å². The zero-order valence-corrected chi connectivity index (χ0v) is 17.0. The van der Waals surface area contributed by atoms with Crippen LogP contribution in [0.15, 0.2) is 42.5 Å². The van der Waals surface area contributed by atoms with E-state index in [0.29, 0.717) is 23.6 Å². The van der Waals surface area contributed by atoms with Gasteiger partial charge < -0.3 is 10.6 Å². The van der Waals surface area contributed by atoms with Gasteiger partial charge in [0, 0.05) is 23.2 Å². The largest absolute Gasteiger partial charge is 0.381 e. The Morgan fingerprint density at radius 3 is 2.34 bits per heavy atom. The van der Waals surface area contributed by atoms with E-state index >= 15 is 0 Å². The summed E-state index contributed by atoms with van der Waals surface area (Å²) in [5.41, 5.74) is 2.49. The summed E-state index contributed by atoms with van der Waals surface area (Å²) in [7, 11) is 0. The van der Waals surface area contributed by atoms with E-state index in [9.17, 15) is 13.6 Å². The minimum absolute atomic E-state index is 0.155. The fourth-order valence-electron chi connectivity index (χ4n) is 3.16. The second-order valence-electron chi connectivity index (χ2n) is 7.38. The zero-order chi connectivity index (χ0) is 21.1. The molecule has 2 aromatic carbocycles. The number of amides is 1. The fraction of sp³-hybridized carbons (Fsp3) is 0.304. The van der Waals surface area contributed by atoms with Gasteiger partial charge in [-0.05, 0) is 61.7 Å². The molecule has 2 N–H and O–H groups in total. The normalized spacial score (nSPS) is 12.2. The number of hydrogen-bond donors (Lipinski definition) is 2. The van der Waals surface area contributed by atoms with Crippen LogP contribution in [-0.4, -0.2) is 17.4 Å². The molecule has 0 unspecified atom stereocenters. The third-order valence-corrected chi connectivity index (χ3v) is 4.83. The summed E-state index contributed by atoms with van der Waals surface area (Å²) >= 11 is 0. The Morgan fingerprint density at radius 2 is 1.72 bits per heavy atom. The number of pyridine rings is 1. The molecular weight excluding hydrogens is 372 g/mol. The first-order valence-corrected chi connectivity index (χ1v) is 9.74. The van der Waals surface area contributed by atoms with E-state index in [1.807, 2.05) is 18.2 Å². The van der Waals surface area contributed by atoms with Gasteiger partial charge in [-0.1, -0.05) is 19.9 Å². The molecule has 0 saturated heterocycles. The minimum Gasteiger partial charge on any atom is -0.381 e. The van der Waals surface area contributed by atoms with Gasteiger partial charge in [0.1, 0.15) is 17.3 Å². The van der Waals surface area contributed by atoms with Gasteiger partial charge in [-0.2, -0.15) is 0 Å². The summed E-state index contributed by atoms with van der Waals surface area (Å²) in [6.45, 7) is 8.02. The van der Waals surface area contributed by atoms with Crippen LogP contribution in [0.4, 0.5) is 14.5 Å². The van der Waals surface area contributed by atoms with E-state index < -0.39 is 17.7 Å². The molecule has 152 valence electrons. The highest BCUT2D eigenvalue weighted by molar-refractivity contribution is 5.98. The molecule has 0 fully saturated rings. The van der Waals surface area contributed by atoms with Gasteiger partial charge in [-0.25, -0.2) is 8.78 Å². The predicted octanol–water partition coefficient (Wildman–Crippen LogP) is 5.56. The molecule has 0 aliphatic carbocycles. The molecule has 29 heavy (non-hydrogen) atoms. The number of benzene rings is 2. The average Bonchev–Trinajstić information content (AvgIpc) is 2.69. The Hall–Kier alpha value is -3.02. The van der Waals surface area contributed by atoms with Gasteiger partial charge in [0.15, 0.2) is 0 Å². The Kier molecular flexibility index (Phi) is 6.11. The average molecular weight is 397 g/mol. The van der Waals surface area contributed by atoms with E-state index in [0.717, 1.165) is 16.6 Å². The number of halogens is 2. The molecule has 1 heterocycles. The number of nitrogens with one attached hydrogen (secondary N) is 2. The second kappa shape index (κ2) is 8.55. The highest BCUT2D eigenvalue weighted by Crippen LogP contribution is 2.25. The van der Waals surface area contributed by atoms with Crippen molar-refractivity contribution in [2.45, 2.75) is 39.7 Å². The third kappa shape index (κ3) is 4.53. The molecule has 0 saturated carbocycles. The Bertz CT molecular complexity index is 1030. The van der Waals surface area contributed by atoms with Crippen molar-refractivity contribution in [3.8, 4) is 0 Å². The van der Waals surface area contributed by atoms with Crippen LogP contribution in [0, 0.1) is 11.6 Å². The first-order chi connectivity index (χ1) is 13.8. The number of nitrogens with zero attached hydrogens (tertiary/aromatic N) is 1. The summed E-state index contributed by atoms with van der Waals surface area (Å²) in [6.07, 6.45) is 0. The third-order valence-electron chi connectivity index (χ3n) is 4.83. The maximum Gasteiger partial charge on any atom is 0.251 e. The fourth-order valence-corrected chi connectivity index (χ4v) is 3.16. The lowest BCUT2D eigenvalue weighted by Crippen LogP contribution is -2.27. The summed E-state index contributed by atoms with van der Waals surface area (Å²) in [5.74, 6) is -1.35. The maximum absolute atomic E-state index is 14.2. The first-order valence-electron chi connectivity index (χ1n) is 9.74. The van der Waals surface area contributed by atoms with Gasteiger partial charge in [0.25, 0.3) is 5.91 Å². The molecule has 1 aromatic heterocycles. The molecular formula is C23H25F2N3O. The number of aromatic nitrogens is 1. The van der Waals surface area contributed by atoms with E-state index in [-0.39, 0.29) is 11.6 Å². The number of carbonyl (C=O) groups is 1. The lowest BCUT2D eigenvalue weighted by molar-refractivity contribution is 0.0940. The van der Waals surface area contributed by atoms with Crippen LogP contribution in [0.5, 0.6) is 0 Å². The summed E-state index contributed by atoms with van der Waals surface area (Å²) < 4.78 is 28.3. The summed E-state index contributed by atoms with van der Waals surface area (Å²) in [5, 5.41) is 6.32. The lowest BCUT2D eigenvalue weighted by Gasteiger charge is -2.17. The topological polar surface area (TPSA) is 54.0 Å². The number of carbonyl (C=O) groups excluding carboxylic acids is 1. The highest BCUT2D eigenvalue weighted by atomic mass is 19.1. The molecule has 0 radical (unpaired) electrons. The SMILES string of the molecule is CCNc1c(F)cc([C@@H](C)NC(=O)c2ccc3nc(C(C)C)ccc3c2)cc1F. The highest BCUT2D eigenvalue weighted by Gasteiger charge is 2.17. The van der Waals surface area contributed by atoms with Gasteiger partial charge in [-0.3, -0.25) is 9.78 Å². The van der Waals surface area contributed by atoms with Gasteiger partial charge >= 0.3 is 0 Å². The molecule has 3 rings (SSSR count). The standard InChI is InChI=1S/C23H25F2N3O/c1-5-26-22-18(24)11-17(12-19(22)25)14(4)27-23(29)16-7-9-21-15(10-16)6-8-20(28-21)13(2)3/h6-14,26H,5H2,1-4H3,(H,27,29)/t14-/m1/s1. The van der Waals surface area contributed by atoms with Crippen molar-refractivity contribution in [3.63, 3.8) is 0 Å². The van der Waals surface area contributed by atoms with Crippen LogP contribution in [0.25, 0.3) is 10.9 Å². The molecule has 1 amide bonds. The van der Waals surface area contributed by atoms with Crippen molar-refractivity contribution in [2.24, 2.45) is 0 Å². The Balaban J connectivity index is 1.80. The van der Waals surface area contributed by atoms with Crippen molar-refractivity contribution in [1.29, 1.82) is 0 Å². The van der Waals surface area contributed by atoms with Crippen molar-refractivity contribution in [1.82, 2.24) is 10.3 Å². The monoisotopic (exact) mass is 397 g/mol. The molecule has 0 aliphatic rings. The van der Waals surface area contributed by atoms with Crippen LogP contribution in [0.2, 0.25) is 0 Å². The van der Waals surface area contributed by atoms with E-state index in [1.165, 1.54) is 12.1 Å². The molecule has 4 nitrogen and oxygen atoms in total. The van der Waals surface area contributed by atoms with E-state index in [2.05, 4.69) is 29.5 Å². The van der Waals surface area contributed by atoms with Gasteiger partial charge in [-0.15, -0.1) is 0 Å². The first kappa shape index (κ1) is 20.7. The van der Waals surface area contributed by atoms with Crippen LogP contribution in [-0.2, 0) is 0 Å². The van der Waals surface area contributed by atoms with Crippen molar-refractivity contribution in [3.05, 3.63) is 70.9 Å². The van der Waals surface area contributed by atoms with Crippen LogP contribution < -0.4 is 10.6 Å². The van der Waals surface area contributed by atoms with Crippen molar-refractivity contribution >= 4 is 22.5 Å². The Morgan fingerprint density at radius 1 is 1.03 bits per heavy atom. The molecule has 0 bridgehead atoms. The smallest absolute Gasteiger partial charge is 0.251 e. The van der Waals surface area contributed by atoms with Gasteiger partial charge in [0.2, 0.25) is 0 Å². The number of anilines is 1. The van der Waals surface area contributed by atoms with Crippen LogP contribution in [0.1, 0.15) is 61.3 Å². The molecule has 6 heteroatoms. The maximum atomic E-state index is 14.2. The Labute approximate surface area is 169 Å². The van der Waals surface area contributed by atoms with Gasteiger partial charge in [0.05, 0.1) is 11.6 Å². The molecule has 1 atom stereocenters. The number of hydrogen-bond acceptors (Lipinski definition) is 3. The van der Waals surface area contributed by atoms with Crippen molar-refractivity contribution in [2.75, 3.05) is 11.9 Å². The van der Waals surface area contributed by atoms with Crippen molar-refractivity contribution < 1.29 is 13.6 Å². The zero-order valence-electron chi connectivity index (χ0n) is 17.0. The van der Waals surface area contributed by atoms with E-state index in [1.54, 1.807) is 26.0 Å². The van der Waals surface area contributed by atoms with E-state index in [4.69, 9.17) is 0 Å². The lowest BCUT2D eigenvalue weighted by atomic mass is 10.0. The predicted molar refractivity (Wildman–Crippen MR) is 112 cm³/mol. The quantitative estimate of drug-likeness (QED) is 0.573. The minimum atomic E-state index is -0.680. The number of fused-ring (bicyclic) bond motifs is 1.